The summed E-state index contributed by atoms with van der Waals surface area (Å²) in [6, 6.07) is 14.1. The van der Waals surface area contributed by atoms with Crippen molar-refractivity contribution in [1.82, 2.24) is 4.90 Å². The van der Waals surface area contributed by atoms with E-state index in [4.69, 9.17) is 0 Å². The van der Waals surface area contributed by atoms with Crippen LogP contribution in [0.3, 0.4) is 0 Å². The first kappa shape index (κ1) is 20.1. The highest BCUT2D eigenvalue weighted by Crippen LogP contribution is 2.24. The maximum atomic E-state index is 13.1. The van der Waals surface area contributed by atoms with Crippen LogP contribution in [0.2, 0.25) is 0 Å². The number of piperazine rings is 1. The summed E-state index contributed by atoms with van der Waals surface area (Å²) in [4.78, 5) is 29.7. The Bertz CT molecular complexity index is 1010. The third-order valence-corrected chi connectivity index (χ3v) is 5.80. The number of carbonyl (C=O) groups excluding carboxylic acids is 2. The molecule has 0 unspecified atom stereocenters. The number of nitrogens with zero attached hydrogens (tertiary/aromatic N) is 4. The maximum Gasteiger partial charge on any atom is 0.270 e. The molecule has 2 aliphatic rings. The first-order valence-electron chi connectivity index (χ1n) is 10.5. The van der Waals surface area contributed by atoms with Gasteiger partial charge in [0.25, 0.3) is 5.91 Å². The molecule has 0 bridgehead atoms. The lowest BCUT2D eigenvalue weighted by molar-refractivity contribution is -0.124. The van der Waals surface area contributed by atoms with Crippen molar-refractivity contribution >= 4 is 28.9 Å². The Morgan fingerprint density at radius 1 is 0.900 bits per heavy atom. The maximum absolute atomic E-state index is 13.1. The Hall–Kier alpha value is -3.15. The van der Waals surface area contributed by atoms with E-state index in [2.05, 4.69) is 42.0 Å². The predicted molar refractivity (Wildman–Crippen MR) is 120 cm³/mol. The lowest BCUT2D eigenvalue weighted by Gasteiger charge is -2.37. The first-order chi connectivity index (χ1) is 14.4. The number of hydrazone groups is 1. The SMILES string of the molecule is Cc1cccc(N2N=C(C(=O)N3CCN(c4cc(C)ccc4C)CC3)CCC2=O)c1. The molecule has 2 aliphatic heterocycles. The fourth-order valence-electron chi connectivity index (χ4n) is 4.06. The van der Waals surface area contributed by atoms with E-state index in [1.165, 1.54) is 21.8 Å². The Morgan fingerprint density at radius 3 is 2.37 bits per heavy atom. The summed E-state index contributed by atoms with van der Waals surface area (Å²) in [5.41, 5.74) is 5.97. The minimum absolute atomic E-state index is 0.0548. The highest BCUT2D eigenvalue weighted by molar-refractivity contribution is 6.40. The molecule has 2 aromatic carbocycles. The molecular formula is C24H28N4O2. The van der Waals surface area contributed by atoms with Crippen molar-refractivity contribution in [2.45, 2.75) is 33.6 Å². The van der Waals surface area contributed by atoms with Crippen LogP contribution >= 0.6 is 0 Å². The molecule has 0 spiro atoms. The number of benzene rings is 2. The Balaban J connectivity index is 1.46. The summed E-state index contributed by atoms with van der Waals surface area (Å²) in [5, 5.41) is 5.83. The zero-order valence-corrected chi connectivity index (χ0v) is 17.9. The van der Waals surface area contributed by atoms with Crippen LogP contribution in [0.1, 0.15) is 29.5 Å². The number of hydrogen-bond donors (Lipinski definition) is 0. The standard InChI is InChI=1S/C24H28N4O2/c1-17-5-4-6-20(15-17)28-23(29)10-9-21(25-28)24(30)27-13-11-26(12-14-27)22-16-18(2)7-8-19(22)3/h4-8,15-16H,9-14H2,1-3H3. The summed E-state index contributed by atoms with van der Waals surface area (Å²) in [6.07, 6.45) is 0.706. The van der Waals surface area contributed by atoms with Crippen LogP contribution in [0.4, 0.5) is 11.4 Å². The average molecular weight is 405 g/mol. The molecule has 6 nitrogen and oxygen atoms in total. The molecule has 1 fully saturated rings. The lowest BCUT2D eigenvalue weighted by Crippen LogP contribution is -2.51. The molecule has 4 rings (SSSR count). The van der Waals surface area contributed by atoms with Crippen molar-refractivity contribution in [1.29, 1.82) is 0 Å². The summed E-state index contributed by atoms with van der Waals surface area (Å²) in [7, 11) is 0. The van der Waals surface area contributed by atoms with Gasteiger partial charge in [-0.15, -0.1) is 0 Å². The van der Waals surface area contributed by atoms with E-state index in [0.717, 1.165) is 18.7 Å². The molecule has 6 heteroatoms. The molecule has 0 aliphatic carbocycles. The van der Waals surface area contributed by atoms with Gasteiger partial charge in [-0.05, 0) is 55.7 Å². The molecule has 0 N–H and O–H groups in total. The molecule has 2 amide bonds. The van der Waals surface area contributed by atoms with Crippen LogP contribution in [0, 0.1) is 20.8 Å². The van der Waals surface area contributed by atoms with Gasteiger partial charge >= 0.3 is 0 Å². The molecule has 156 valence electrons. The van der Waals surface area contributed by atoms with Crippen molar-refractivity contribution in [3.8, 4) is 0 Å². The Morgan fingerprint density at radius 2 is 1.63 bits per heavy atom. The van der Waals surface area contributed by atoms with Gasteiger partial charge < -0.3 is 9.80 Å². The first-order valence-corrected chi connectivity index (χ1v) is 10.5. The number of hydrogen-bond acceptors (Lipinski definition) is 4. The van der Waals surface area contributed by atoms with E-state index >= 15 is 0 Å². The number of anilines is 2. The Kier molecular flexibility index (Phi) is 5.57. The minimum atomic E-state index is -0.0723. The van der Waals surface area contributed by atoms with Gasteiger partial charge in [-0.3, -0.25) is 9.59 Å². The van der Waals surface area contributed by atoms with Gasteiger partial charge in [-0.2, -0.15) is 5.10 Å². The van der Waals surface area contributed by atoms with Crippen LogP contribution in [0.5, 0.6) is 0 Å². The van der Waals surface area contributed by atoms with Gasteiger partial charge in [0.1, 0.15) is 5.71 Å². The minimum Gasteiger partial charge on any atom is -0.368 e. The van der Waals surface area contributed by atoms with Gasteiger partial charge in [0.15, 0.2) is 0 Å². The van der Waals surface area contributed by atoms with E-state index in [1.54, 1.807) is 0 Å². The van der Waals surface area contributed by atoms with E-state index in [9.17, 15) is 9.59 Å². The van der Waals surface area contributed by atoms with E-state index in [0.29, 0.717) is 37.3 Å². The fourth-order valence-corrected chi connectivity index (χ4v) is 4.06. The summed E-state index contributed by atoms with van der Waals surface area (Å²) >= 11 is 0. The molecule has 2 aromatic rings. The lowest BCUT2D eigenvalue weighted by atomic mass is 10.1. The van der Waals surface area contributed by atoms with Gasteiger partial charge in [0.2, 0.25) is 5.91 Å². The van der Waals surface area contributed by atoms with Crippen LogP contribution in [-0.2, 0) is 9.59 Å². The van der Waals surface area contributed by atoms with Gasteiger partial charge in [0.05, 0.1) is 5.69 Å². The zero-order valence-electron chi connectivity index (χ0n) is 17.9. The van der Waals surface area contributed by atoms with Crippen molar-refractivity contribution in [2.24, 2.45) is 5.10 Å². The second-order valence-corrected chi connectivity index (χ2v) is 8.16. The Labute approximate surface area is 177 Å². The van der Waals surface area contributed by atoms with Crippen LogP contribution in [0.25, 0.3) is 0 Å². The molecule has 0 atom stereocenters. The number of amides is 2. The van der Waals surface area contributed by atoms with Gasteiger partial charge in [0, 0.05) is 44.7 Å². The van der Waals surface area contributed by atoms with Gasteiger partial charge in [-0.1, -0.05) is 24.3 Å². The smallest absolute Gasteiger partial charge is 0.270 e. The predicted octanol–water partition coefficient (Wildman–Crippen LogP) is 3.44. The van der Waals surface area contributed by atoms with Crippen LogP contribution in [0.15, 0.2) is 47.6 Å². The fraction of sp³-hybridized carbons (Fsp3) is 0.375. The largest absolute Gasteiger partial charge is 0.368 e. The van der Waals surface area contributed by atoms with Crippen LogP contribution < -0.4 is 9.91 Å². The highest BCUT2D eigenvalue weighted by Gasteiger charge is 2.30. The number of rotatable bonds is 3. The van der Waals surface area contributed by atoms with Gasteiger partial charge in [-0.25, -0.2) is 5.01 Å². The van der Waals surface area contributed by atoms with Crippen molar-refractivity contribution in [3.63, 3.8) is 0 Å². The summed E-state index contributed by atoms with van der Waals surface area (Å²) < 4.78 is 0. The second kappa shape index (κ2) is 8.30. The normalized spacial score (nSPS) is 17.2. The van der Waals surface area contributed by atoms with Crippen molar-refractivity contribution in [2.75, 3.05) is 36.1 Å². The molecule has 30 heavy (non-hydrogen) atoms. The molecule has 0 aromatic heterocycles. The molecule has 0 saturated carbocycles. The van der Waals surface area contributed by atoms with E-state index in [-0.39, 0.29) is 11.8 Å². The quantitative estimate of drug-likeness (QED) is 0.787. The van der Waals surface area contributed by atoms with Crippen molar-refractivity contribution < 1.29 is 9.59 Å². The third-order valence-electron chi connectivity index (χ3n) is 5.80. The topological polar surface area (TPSA) is 56.2 Å². The second-order valence-electron chi connectivity index (χ2n) is 8.16. The summed E-state index contributed by atoms with van der Waals surface area (Å²) in [6.45, 7) is 9.11. The third kappa shape index (κ3) is 4.08. The van der Waals surface area contributed by atoms with Crippen LogP contribution in [-0.4, -0.2) is 48.6 Å². The molecule has 0 radical (unpaired) electrons. The van der Waals surface area contributed by atoms with E-state index in [1.807, 2.05) is 36.1 Å². The zero-order chi connectivity index (χ0) is 21.3. The van der Waals surface area contributed by atoms with E-state index < -0.39 is 0 Å². The molecule has 1 saturated heterocycles. The number of carbonyl (C=O) groups is 2. The summed E-state index contributed by atoms with van der Waals surface area (Å²) in [5.74, 6) is -0.127. The molecule has 2 heterocycles. The highest BCUT2D eigenvalue weighted by atomic mass is 16.2. The monoisotopic (exact) mass is 404 g/mol. The molecular weight excluding hydrogens is 376 g/mol. The van der Waals surface area contributed by atoms with Crippen molar-refractivity contribution in [3.05, 3.63) is 59.2 Å². The average Bonchev–Trinajstić information content (AvgIpc) is 2.75. The number of aryl methyl sites for hydroxylation is 3.